The smallest absolute Gasteiger partial charge is 1.00 e. The van der Waals surface area contributed by atoms with Crippen LogP contribution in [-0.2, 0) is 4.74 Å². The molecule has 0 saturated carbocycles. The number of esters is 1. The number of aromatic carboxylic acids is 1. The number of carbonyl (C=O) groups excluding carboxylic acids is 1. The van der Waals surface area contributed by atoms with Gasteiger partial charge in [0.05, 0.1) is 11.1 Å². The van der Waals surface area contributed by atoms with Crippen molar-refractivity contribution in [2.45, 2.75) is 26.4 Å². The predicted octanol–water partition coefficient (Wildman–Crippen LogP) is -3.43. The van der Waals surface area contributed by atoms with Gasteiger partial charge < -0.3 is 12.7 Å². The van der Waals surface area contributed by atoms with Crippen molar-refractivity contribution in [3.05, 3.63) is 35.4 Å². The first-order valence-electron chi connectivity index (χ1n) is 4.86. The van der Waals surface area contributed by atoms with E-state index in [2.05, 4.69) is 0 Å². The van der Waals surface area contributed by atoms with Crippen molar-refractivity contribution in [3.63, 3.8) is 0 Å². The summed E-state index contributed by atoms with van der Waals surface area (Å²) in [7, 11) is 0. The molecule has 0 radical (unpaired) electrons. The molecule has 1 aromatic rings. The van der Waals surface area contributed by atoms with Gasteiger partial charge in [0.1, 0.15) is 5.60 Å². The molecule has 0 heterocycles. The van der Waals surface area contributed by atoms with Gasteiger partial charge in [-0.05, 0) is 45.0 Å². The van der Waals surface area contributed by atoms with Crippen LogP contribution < -0.4 is 80.9 Å². The first-order valence-corrected chi connectivity index (χ1v) is 4.86. The van der Waals surface area contributed by atoms with Crippen molar-refractivity contribution in [2.75, 3.05) is 0 Å². The molecule has 6 heteroatoms. The van der Waals surface area contributed by atoms with E-state index in [1.54, 1.807) is 20.8 Å². The van der Waals surface area contributed by atoms with Crippen molar-refractivity contribution < 1.29 is 103 Å². The summed E-state index contributed by atoms with van der Waals surface area (Å²) in [6, 6.07) is 5.64. The topological polar surface area (TPSA) is 63.6 Å². The van der Waals surface area contributed by atoms with Crippen LogP contribution in [0.15, 0.2) is 24.3 Å². The van der Waals surface area contributed by atoms with Gasteiger partial charge in [-0.3, -0.25) is 0 Å². The molecule has 0 spiro atoms. The van der Waals surface area contributed by atoms with Crippen LogP contribution in [0, 0.1) is 0 Å². The first-order chi connectivity index (χ1) is 7.29. The van der Waals surface area contributed by atoms with Crippen LogP contribution in [0.25, 0.3) is 0 Å². The minimum absolute atomic E-state index is 0. The molecule has 0 aromatic heterocycles. The fraction of sp³-hybridized carbons (Fsp3) is 0.333. The van der Waals surface area contributed by atoms with Crippen LogP contribution in [0.4, 0.5) is 0 Å². The summed E-state index contributed by atoms with van der Waals surface area (Å²) < 4.78 is 5.14. The molecular formula is C12H16KNaO4. The van der Waals surface area contributed by atoms with E-state index in [0.717, 1.165) is 0 Å². The summed E-state index contributed by atoms with van der Waals surface area (Å²) in [5.41, 5.74) is -0.0602. The fourth-order valence-corrected chi connectivity index (χ4v) is 1.09. The van der Waals surface area contributed by atoms with Crippen LogP contribution >= 0.6 is 0 Å². The number of benzene rings is 1. The first kappa shape index (κ1) is 21.1. The average molecular weight is 286 g/mol. The largest absolute Gasteiger partial charge is 1.00 e. The molecule has 0 atom stereocenters. The van der Waals surface area contributed by atoms with Crippen LogP contribution in [0.3, 0.4) is 0 Å². The zero-order valence-electron chi connectivity index (χ0n) is 13.5. The van der Waals surface area contributed by atoms with E-state index in [4.69, 9.17) is 9.84 Å². The number of rotatable bonds is 2. The third-order valence-electron chi connectivity index (χ3n) is 1.77. The molecule has 90 valence electrons. The Morgan fingerprint density at radius 1 is 1.11 bits per heavy atom. The molecule has 0 amide bonds. The Bertz CT molecular complexity index is 418. The molecule has 0 bridgehead atoms. The molecule has 0 unspecified atom stereocenters. The number of hydrogen-bond acceptors (Lipinski definition) is 3. The standard InChI is InChI=1S/C12H14O4.K.Na.2H/c1-12(2,3)16-11(15)9-6-4-8(5-7-9)10(13)14;;;;/h4-7H,1-3H3,(H,13,14);;;;/q;2*+1;2*-1. The van der Waals surface area contributed by atoms with Gasteiger partial charge in [-0.25, -0.2) is 9.59 Å². The average Bonchev–Trinajstić information content (AvgIpc) is 2.15. The van der Waals surface area contributed by atoms with E-state index in [1.807, 2.05) is 0 Å². The zero-order valence-corrected chi connectivity index (χ0v) is 16.6. The van der Waals surface area contributed by atoms with Crippen molar-refractivity contribution in [2.24, 2.45) is 0 Å². The van der Waals surface area contributed by atoms with E-state index in [9.17, 15) is 9.59 Å². The summed E-state index contributed by atoms with van der Waals surface area (Å²) in [5.74, 6) is -1.47. The molecule has 0 aliphatic heterocycles. The Labute approximate surface area is 174 Å². The Morgan fingerprint density at radius 3 is 1.83 bits per heavy atom. The SMILES string of the molecule is CC(C)(C)OC(=O)c1ccc(C(=O)O)cc1.[H-].[H-].[K+].[Na+]. The second-order valence-corrected chi connectivity index (χ2v) is 4.38. The van der Waals surface area contributed by atoms with E-state index >= 15 is 0 Å². The van der Waals surface area contributed by atoms with Crippen LogP contribution in [0.5, 0.6) is 0 Å². The minimum Gasteiger partial charge on any atom is -1.00 e. The molecule has 0 aliphatic carbocycles. The predicted molar refractivity (Wildman–Crippen MR) is 60.8 cm³/mol. The van der Waals surface area contributed by atoms with Gasteiger partial charge in [0.15, 0.2) is 0 Å². The Hall–Kier alpha value is 0.796. The number of carboxylic acid groups (broad SMARTS) is 1. The molecule has 0 aliphatic rings. The third-order valence-corrected chi connectivity index (χ3v) is 1.77. The normalized spacial score (nSPS) is 9.72. The van der Waals surface area contributed by atoms with Crippen molar-refractivity contribution in [1.29, 1.82) is 0 Å². The number of ether oxygens (including phenoxy) is 1. The van der Waals surface area contributed by atoms with Gasteiger partial charge in [-0.1, -0.05) is 0 Å². The molecule has 0 saturated heterocycles. The van der Waals surface area contributed by atoms with Gasteiger partial charge in [-0.2, -0.15) is 0 Å². The Balaban J connectivity index is -0.000000320. The molecule has 1 rings (SSSR count). The molecule has 1 N–H and O–H groups in total. The molecule has 18 heavy (non-hydrogen) atoms. The van der Waals surface area contributed by atoms with E-state index in [-0.39, 0.29) is 89.4 Å². The van der Waals surface area contributed by atoms with Gasteiger partial charge >= 0.3 is 92.9 Å². The van der Waals surface area contributed by atoms with Gasteiger partial charge in [0.25, 0.3) is 0 Å². The second-order valence-electron chi connectivity index (χ2n) is 4.38. The number of carboxylic acids is 1. The molecule has 1 aromatic carbocycles. The van der Waals surface area contributed by atoms with E-state index in [1.165, 1.54) is 24.3 Å². The van der Waals surface area contributed by atoms with E-state index < -0.39 is 17.5 Å². The van der Waals surface area contributed by atoms with Crippen LogP contribution in [0.2, 0.25) is 0 Å². The monoisotopic (exact) mass is 286 g/mol. The van der Waals surface area contributed by atoms with Crippen molar-refractivity contribution in [1.82, 2.24) is 0 Å². The minimum atomic E-state index is -1.02. The second kappa shape index (κ2) is 8.87. The zero-order chi connectivity index (χ0) is 12.3. The number of hydrogen-bond donors (Lipinski definition) is 1. The summed E-state index contributed by atoms with van der Waals surface area (Å²) in [6.07, 6.45) is 0. The number of carbonyl (C=O) groups is 2. The van der Waals surface area contributed by atoms with Crippen LogP contribution in [-0.4, -0.2) is 22.6 Å². The van der Waals surface area contributed by atoms with Crippen molar-refractivity contribution >= 4 is 11.9 Å². The maximum atomic E-state index is 11.6. The van der Waals surface area contributed by atoms with Gasteiger partial charge in [0, 0.05) is 0 Å². The fourth-order valence-electron chi connectivity index (χ4n) is 1.09. The molecule has 4 nitrogen and oxygen atoms in total. The summed E-state index contributed by atoms with van der Waals surface area (Å²) in [6.45, 7) is 5.32. The maximum Gasteiger partial charge on any atom is 1.00 e. The summed E-state index contributed by atoms with van der Waals surface area (Å²) >= 11 is 0. The van der Waals surface area contributed by atoms with Gasteiger partial charge in [-0.15, -0.1) is 0 Å². The van der Waals surface area contributed by atoms with Crippen LogP contribution in [0.1, 0.15) is 44.3 Å². The van der Waals surface area contributed by atoms with Crippen molar-refractivity contribution in [3.8, 4) is 0 Å². The third kappa shape index (κ3) is 7.40. The summed E-state index contributed by atoms with van der Waals surface area (Å²) in [4.78, 5) is 22.2. The summed E-state index contributed by atoms with van der Waals surface area (Å²) in [5, 5.41) is 8.68. The quantitative estimate of drug-likeness (QED) is 0.454. The Morgan fingerprint density at radius 2 is 1.50 bits per heavy atom. The Kier molecular flexibility index (Phi) is 10.4. The van der Waals surface area contributed by atoms with Gasteiger partial charge in [0.2, 0.25) is 0 Å². The molecule has 0 fully saturated rings. The molecular weight excluding hydrogens is 270 g/mol. The maximum absolute atomic E-state index is 11.6. The van der Waals surface area contributed by atoms with E-state index in [0.29, 0.717) is 5.56 Å².